The maximum atomic E-state index is 12.9. The Morgan fingerprint density at radius 2 is 2.07 bits per heavy atom. The summed E-state index contributed by atoms with van der Waals surface area (Å²) in [4.78, 5) is 0. The van der Waals surface area contributed by atoms with Gasteiger partial charge in [-0.1, -0.05) is 13.0 Å². The van der Waals surface area contributed by atoms with Crippen LogP contribution in [0.2, 0.25) is 0 Å². The van der Waals surface area contributed by atoms with Gasteiger partial charge in [-0.3, -0.25) is 4.31 Å². The van der Waals surface area contributed by atoms with Crippen molar-refractivity contribution >= 4 is 15.7 Å². The fourth-order valence-corrected chi connectivity index (χ4v) is 2.45. The average molecular weight is 231 g/mol. The number of hydrogen-bond donors (Lipinski definition) is 0. The van der Waals surface area contributed by atoms with Crippen LogP contribution in [0.4, 0.5) is 10.1 Å². The van der Waals surface area contributed by atoms with Crippen LogP contribution in [0.3, 0.4) is 0 Å². The third-order valence-corrected chi connectivity index (χ3v) is 4.02. The Labute approximate surface area is 89.6 Å². The molecule has 1 aromatic rings. The molecule has 0 saturated heterocycles. The maximum absolute atomic E-state index is 12.9. The normalized spacial score (nSPS) is 11.4. The first-order chi connectivity index (χ1) is 6.97. The molecule has 0 atom stereocenters. The van der Waals surface area contributed by atoms with Crippen LogP contribution in [-0.2, 0) is 10.0 Å². The minimum absolute atomic E-state index is 0.0695. The van der Waals surface area contributed by atoms with Gasteiger partial charge in [0.25, 0.3) is 0 Å². The minimum atomic E-state index is -3.31. The van der Waals surface area contributed by atoms with Crippen molar-refractivity contribution in [2.45, 2.75) is 13.3 Å². The van der Waals surface area contributed by atoms with E-state index in [0.29, 0.717) is 12.1 Å². The molecule has 0 N–H and O–H groups in total. The minimum Gasteiger partial charge on any atom is -0.273 e. The Hall–Kier alpha value is -1.10. The zero-order valence-electron chi connectivity index (χ0n) is 8.77. The number of halogens is 1. The van der Waals surface area contributed by atoms with E-state index in [1.54, 1.807) is 13.0 Å². The molecule has 1 aromatic carbocycles. The van der Waals surface area contributed by atoms with Crippen molar-refractivity contribution in [3.63, 3.8) is 0 Å². The predicted octanol–water partition coefficient (Wildman–Crippen LogP) is 2.00. The number of nitrogens with zero attached hydrogens (tertiary/aromatic N) is 1. The molecule has 0 fully saturated rings. The molecular weight excluding hydrogens is 217 g/mol. The van der Waals surface area contributed by atoms with E-state index in [0.717, 1.165) is 4.31 Å². The molecule has 0 aromatic heterocycles. The first-order valence-corrected chi connectivity index (χ1v) is 6.30. The van der Waals surface area contributed by atoms with E-state index in [1.165, 1.54) is 25.2 Å². The van der Waals surface area contributed by atoms with Crippen molar-refractivity contribution in [1.29, 1.82) is 0 Å². The van der Waals surface area contributed by atoms with Crippen LogP contribution in [-0.4, -0.2) is 21.2 Å². The summed E-state index contributed by atoms with van der Waals surface area (Å²) in [5, 5.41) is 0. The van der Waals surface area contributed by atoms with E-state index in [2.05, 4.69) is 0 Å². The van der Waals surface area contributed by atoms with Gasteiger partial charge in [-0.15, -0.1) is 0 Å². The number of sulfonamides is 1. The van der Waals surface area contributed by atoms with Crippen molar-refractivity contribution in [1.82, 2.24) is 0 Å². The van der Waals surface area contributed by atoms with E-state index < -0.39 is 15.8 Å². The molecule has 0 spiro atoms. The Kier molecular flexibility index (Phi) is 3.68. The highest BCUT2D eigenvalue weighted by Crippen LogP contribution is 2.17. The van der Waals surface area contributed by atoms with Gasteiger partial charge in [-0.05, 0) is 24.6 Å². The SMILES string of the molecule is CCCS(=O)(=O)N(C)c1cccc(F)c1. The lowest BCUT2D eigenvalue weighted by atomic mass is 10.3. The van der Waals surface area contributed by atoms with Gasteiger partial charge in [0.1, 0.15) is 5.82 Å². The summed E-state index contributed by atoms with van der Waals surface area (Å²) in [6, 6.07) is 5.54. The second kappa shape index (κ2) is 4.61. The zero-order valence-corrected chi connectivity index (χ0v) is 9.59. The summed E-state index contributed by atoms with van der Waals surface area (Å²) in [7, 11) is -1.88. The maximum Gasteiger partial charge on any atom is 0.234 e. The Morgan fingerprint density at radius 1 is 1.40 bits per heavy atom. The van der Waals surface area contributed by atoms with E-state index in [9.17, 15) is 12.8 Å². The molecule has 0 saturated carbocycles. The summed E-state index contributed by atoms with van der Waals surface area (Å²) in [6.07, 6.45) is 0.544. The zero-order chi connectivity index (χ0) is 11.5. The van der Waals surface area contributed by atoms with E-state index in [1.807, 2.05) is 0 Å². The smallest absolute Gasteiger partial charge is 0.234 e. The molecule has 0 aliphatic carbocycles. The Morgan fingerprint density at radius 3 is 2.60 bits per heavy atom. The van der Waals surface area contributed by atoms with Crippen LogP contribution >= 0.6 is 0 Å². The topological polar surface area (TPSA) is 37.4 Å². The third-order valence-electron chi connectivity index (χ3n) is 2.05. The van der Waals surface area contributed by atoms with E-state index in [4.69, 9.17) is 0 Å². The molecule has 0 heterocycles. The highest BCUT2D eigenvalue weighted by atomic mass is 32.2. The number of anilines is 1. The molecular formula is C10H14FNO2S. The highest BCUT2D eigenvalue weighted by Gasteiger charge is 2.17. The molecule has 15 heavy (non-hydrogen) atoms. The monoisotopic (exact) mass is 231 g/mol. The van der Waals surface area contributed by atoms with E-state index >= 15 is 0 Å². The summed E-state index contributed by atoms with van der Waals surface area (Å²) in [6.45, 7) is 1.79. The Balaban J connectivity index is 2.99. The number of rotatable bonds is 4. The third kappa shape index (κ3) is 2.92. The summed E-state index contributed by atoms with van der Waals surface area (Å²) >= 11 is 0. The van der Waals surface area contributed by atoms with Crippen LogP contribution < -0.4 is 4.31 Å². The fraction of sp³-hybridized carbons (Fsp3) is 0.400. The molecule has 3 nitrogen and oxygen atoms in total. The molecule has 0 aliphatic heterocycles. The lowest BCUT2D eigenvalue weighted by molar-refractivity contribution is 0.592. The molecule has 84 valence electrons. The van der Waals surface area contributed by atoms with Crippen molar-refractivity contribution in [2.75, 3.05) is 17.1 Å². The van der Waals surface area contributed by atoms with Gasteiger partial charge in [-0.25, -0.2) is 12.8 Å². The average Bonchev–Trinajstić information content (AvgIpc) is 2.16. The summed E-state index contributed by atoms with van der Waals surface area (Å²) < 4.78 is 37.3. The van der Waals surface area contributed by atoms with Gasteiger partial charge in [0.15, 0.2) is 0 Å². The fourth-order valence-electron chi connectivity index (χ4n) is 1.23. The van der Waals surface area contributed by atoms with Crippen LogP contribution in [0.1, 0.15) is 13.3 Å². The van der Waals surface area contributed by atoms with Gasteiger partial charge in [0.05, 0.1) is 11.4 Å². The predicted molar refractivity (Wildman–Crippen MR) is 58.9 cm³/mol. The molecule has 0 bridgehead atoms. The summed E-state index contributed by atoms with van der Waals surface area (Å²) in [5.41, 5.74) is 0.350. The van der Waals surface area contributed by atoms with Crippen LogP contribution in [0, 0.1) is 5.82 Å². The standard InChI is InChI=1S/C10H14FNO2S/c1-3-7-15(13,14)12(2)10-6-4-5-9(11)8-10/h4-6,8H,3,7H2,1-2H3. The van der Waals surface area contributed by atoms with Gasteiger partial charge < -0.3 is 0 Å². The van der Waals surface area contributed by atoms with Gasteiger partial charge in [-0.2, -0.15) is 0 Å². The Bertz CT molecular complexity index is 431. The van der Waals surface area contributed by atoms with Gasteiger partial charge in [0.2, 0.25) is 10.0 Å². The molecule has 1 rings (SSSR count). The molecule has 0 amide bonds. The second-order valence-electron chi connectivity index (χ2n) is 3.26. The van der Waals surface area contributed by atoms with Gasteiger partial charge >= 0.3 is 0 Å². The van der Waals surface area contributed by atoms with Crippen molar-refractivity contribution in [2.24, 2.45) is 0 Å². The molecule has 5 heteroatoms. The molecule has 0 unspecified atom stereocenters. The van der Waals surface area contributed by atoms with Crippen molar-refractivity contribution < 1.29 is 12.8 Å². The quantitative estimate of drug-likeness (QED) is 0.794. The lowest BCUT2D eigenvalue weighted by Gasteiger charge is -2.18. The van der Waals surface area contributed by atoms with Crippen molar-refractivity contribution in [3.05, 3.63) is 30.1 Å². The lowest BCUT2D eigenvalue weighted by Crippen LogP contribution is -2.28. The van der Waals surface area contributed by atoms with Gasteiger partial charge in [0, 0.05) is 7.05 Å². The number of hydrogen-bond acceptors (Lipinski definition) is 2. The largest absolute Gasteiger partial charge is 0.273 e. The highest BCUT2D eigenvalue weighted by molar-refractivity contribution is 7.92. The van der Waals surface area contributed by atoms with Crippen LogP contribution in [0.25, 0.3) is 0 Å². The first kappa shape index (κ1) is 12.0. The molecule has 0 radical (unpaired) electrons. The summed E-state index contributed by atoms with van der Waals surface area (Å²) in [5.74, 6) is -0.369. The number of benzene rings is 1. The first-order valence-electron chi connectivity index (χ1n) is 4.69. The second-order valence-corrected chi connectivity index (χ2v) is 5.38. The van der Waals surface area contributed by atoms with E-state index in [-0.39, 0.29) is 5.75 Å². The van der Waals surface area contributed by atoms with Crippen LogP contribution in [0.5, 0.6) is 0 Å². The molecule has 0 aliphatic rings. The van der Waals surface area contributed by atoms with Crippen LogP contribution in [0.15, 0.2) is 24.3 Å². The van der Waals surface area contributed by atoms with Crippen molar-refractivity contribution in [3.8, 4) is 0 Å².